The number of nitrogens with one attached hydrogen (secondary N) is 2. The van der Waals surface area contributed by atoms with Crippen LogP contribution < -0.4 is 10.7 Å². The molecule has 7 nitrogen and oxygen atoms in total. The van der Waals surface area contributed by atoms with E-state index in [1.807, 2.05) is 60.7 Å². The number of hydrogen-bond donors (Lipinski definition) is 2. The second-order valence-corrected chi connectivity index (χ2v) is 5.96. The van der Waals surface area contributed by atoms with Crippen LogP contribution in [0, 0.1) is 0 Å². The standard InChI is InChI=1S/C21H21N3O4/c1-2-27-21(26)19-17(14-28-20(19)22-16-11-7-4-8-12-16)23-24-18(25)13-15-9-5-3-6-10-15/h3-12,22H,2,13-14H2,1H3,(H,24,25). The molecule has 0 aromatic heterocycles. The van der Waals surface area contributed by atoms with E-state index in [2.05, 4.69) is 15.8 Å². The molecule has 3 rings (SSSR count). The molecule has 0 saturated carbocycles. The fourth-order valence-electron chi connectivity index (χ4n) is 2.62. The van der Waals surface area contributed by atoms with Gasteiger partial charge in [-0.15, -0.1) is 0 Å². The highest BCUT2D eigenvalue weighted by molar-refractivity contribution is 6.22. The van der Waals surface area contributed by atoms with Crippen LogP contribution in [0.3, 0.4) is 0 Å². The second kappa shape index (κ2) is 9.36. The van der Waals surface area contributed by atoms with E-state index in [1.165, 1.54) is 0 Å². The number of ether oxygens (including phenoxy) is 2. The molecule has 0 radical (unpaired) electrons. The van der Waals surface area contributed by atoms with Crippen LogP contribution in [0.4, 0.5) is 5.69 Å². The summed E-state index contributed by atoms with van der Waals surface area (Å²) in [7, 11) is 0. The Morgan fingerprint density at radius 2 is 1.75 bits per heavy atom. The molecule has 144 valence electrons. The number of amides is 1. The first-order valence-electron chi connectivity index (χ1n) is 8.93. The molecule has 1 aliphatic rings. The Morgan fingerprint density at radius 1 is 1.07 bits per heavy atom. The highest BCUT2D eigenvalue weighted by Gasteiger charge is 2.31. The van der Waals surface area contributed by atoms with Gasteiger partial charge in [0.1, 0.15) is 17.9 Å². The first kappa shape index (κ1) is 19.2. The van der Waals surface area contributed by atoms with Gasteiger partial charge in [-0.2, -0.15) is 5.10 Å². The molecule has 2 aromatic carbocycles. The van der Waals surface area contributed by atoms with Gasteiger partial charge >= 0.3 is 5.97 Å². The maximum Gasteiger partial charge on any atom is 0.345 e. The number of carbonyl (C=O) groups is 2. The second-order valence-electron chi connectivity index (χ2n) is 5.96. The third-order valence-corrected chi connectivity index (χ3v) is 3.90. The zero-order valence-corrected chi connectivity index (χ0v) is 15.5. The predicted octanol–water partition coefficient (Wildman–Crippen LogP) is 2.62. The van der Waals surface area contributed by atoms with Gasteiger partial charge in [-0.3, -0.25) is 4.79 Å². The lowest BCUT2D eigenvalue weighted by Gasteiger charge is -2.08. The zero-order valence-electron chi connectivity index (χ0n) is 15.5. The molecule has 0 fully saturated rings. The summed E-state index contributed by atoms with van der Waals surface area (Å²) >= 11 is 0. The molecule has 1 heterocycles. The van der Waals surface area contributed by atoms with Crippen molar-refractivity contribution in [3.05, 3.63) is 77.7 Å². The molecule has 1 aliphatic heterocycles. The summed E-state index contributed by atoms with van der Waals surface area (Å²) in [4.78, 5) is 24.5. The van der Waals surface area contributed by atoms with Crippen LogP contribution in [0.25, 0.3) is 0 Å². The number of rotatable bonds is 7. The van der Waals surface area contributed by atoms with Gasteiger partial charge in [0, 0.05) is 5.69 Å². The molecule has 7 heteroatoms. The van der Waals surface area contributed by atoms with Gasteiger partial charge in [0.25, 0.3) is 0 Å². The largest absolute Gasteiger partial charge is 0.472 e. The Balaban J connectivity index is 1.75. The van der Waals surface area contributed by atoms with Crippen molar-refractivity contribution in [2.24, 2.45) is 5.10 Å². The summed E-state index contributed by atoms with van der Waals surface area (Å²) in [6, 6.07) is 18.6. The number of nitrogens with zero attached hydrogens (tertiary/aromatic N) is 1. The molecule has 0 atom stereocenters. The number of para-hydroxylation sites is 1. The van der Waals surface area contributed by atoms with Gasteiger partial charge in [-0.05, 0) is 24.6 Å². The molecule has 0 aliphatic carbocycles. The molecule has 0 spiro atoms. The van der Waals surface area contributed by atoms with Gasteiger partial charge in [0.2, 0.25) is 11.8 Å². The molecular weight excluding hydrogens is 358 g/mol. The monoisotopic (exact) mass is 379 g/mol. The summed E-state index contributed by atoms with van der Waals surface area (Å²) in [5, 5.41) is 7.14. The minimum Gasteiger partial charge on any atom is -0.472 e. The third kappa shape index (κ3) is 4.97. The van der Waals surface area contributed by atoms with Gasteiger partial charge < -0.3 is 14.8 Å². The zero-order chi connectivity index (χ0) is 19.8. The molecule has 0 bridgehead atoms. The van der Waals surface area contributed by atoms with Crippen LogP contribution in [0.2, 0.25) is 0 Å². The Labute approximate surface area is 163 Å². The van der Waals surface area contributed by atoms with Crippen LogP contribution in [0.15, 0.2) is 77.2 Å². The average Bonchev–Trinajstić information content (AvgIpc) is 3.10. The van der Waals surface area contributed by atoms with Gasteiger partial charge in [0.15, 0.2) is 0 Å². The molecular formula is C21H21N3O4. The van der Waals surface area contributed by atoms with Crippen molar-refractivity contribution in [3.8, 4) is 0 Å². The maximum absolute atomic E-state index is 12.4. The molecule has 0 saturated heterocycles. The summed E-state index contributed by atoms with van der Waals surface area (Å²) in [5.74, 6) is -0.596. The van der Waals surface area contributed by atoms with Crippen molar-refractivity contribution in [1.29, 1.82) is 0 Å². The highest BCUT2D eigenvalue weighted by atomic mass is 16.5. The van der Waals surface area contributed by atoms with E-state index < -0.39 is 5.97 Å². The van der Waals surface area contributed by atoms with Crippen molar-refractivity contribution in [1.82, 2.24) is 5.43 Å². The molecule has 0 unspecified atom stereocenters. The molecule has 2 aromatic rings. The van der Waals surface area contributed by atoms with Crippen LogP contribution >= 0.6 is 0 Å². The first-order chi connectivity index (χ1) is 13.7. The lowest BCUT2D eigenvalue weighted by molar-refractivity contribution is -0.138. The Kier molecular flexibility index (Phi) is 6.41. The van der Waals surface area contributed by atoms with E-state index >= 15 is 0 Å². The van der Waals surface area contributed by atoms with E-state index in [1.54, 1.807) is 6.92 Å². The summed E-state index contributed by atoms with van der Waals surface area (Å²) in [5.41, 5.74) is 4.59. The molecule has 1 amide bonds. The predicted molar refractivity (Wildman–Crippen MR) is 105 cm³/mol. The Bertz CT molecular complexity index is 892. The van der Waals surface area contributed by atoms with Crippen LogP contribution in [0.1, 0.15) is 12.5 Å². The van der Waals surface area contributed by atoms with E-state index in [0.717, 1.165) is 11.3 Å². The molecule has 2 N–H and O–H groups in total. The Morgan fingerprint density at radius 3 is 2.43 bits per heavy atom. The number of esters is 1. The van der Waals surface area contributed by atoms with Crippen molar-refractivity contribution in [2.75, 3.05) is 18.5 Å². The van der Waals surface area contributed by atoms with E-state index in [0.29, 0.717) is 5.71 Å². The van der Waals surface area contributed by atoms with Crippen molar-refractivity contribution >= 4 is 23.3 Å². The van der Waals surface area contributed by atoms with Crippen LogP contribution in [0.5, 0.6) is 0 Å². The Hall–Kier alpha value is -3.61. The first-order valence-corrected chi connectivity index (χ1v) is 8.93. The average molecular weight is 379 g/mol. The van der Waals surface area contributed by atoms with E-state index in [9.17, 15) is 9.59 Å². The quantitative estimate of drug-likeness (QED) is 0.570. The molecule has 28 heavy (non-hydrogen) atoms. The number of benzene rings is 2. The third-order valence-electron chi connectivity index (χ3n) is 3.90. The summed E-state index contributed by atoms with van der Waals surface area (Å²) in [6.07, 6.45) is 0.187. The fourth-order valence-corrected chi connectivity index (χ4v) is 2.62. The lowest BCUT2D eigenvalue weighted by atomic mass is 10.1. The normalized spacial score (nSPS) is 14.5. The fraction of sp³-hybridized carbons (Fsp3) is 0.190. The lowest BCUT2D eigenvalue weighted by Crippen LogP contribution is -2.24. The SMILES string of the molecule is CCOC(=O)C1=C(Nc2ccccc2)OCC1=NNC(=O)Cc1ccccc1. The smallest absolute Gasteiger partial charge is 0.345 e. The van der Waals surface area contributed by atoms with E-state index in [-0.39, 0.29) is 37.0 Å². The highest BCUT2D eigenvalue weighted by Crippen LogP contribution is 2.21. The number of hydrogen-bond acceptors (Lipinski definition) is 6. The number of anilines is 1. The van der Waals surface area contributed by atoms with Crippen molar-refractivity contribution in [2.45, 2.75) is 13.3 Å². The minimum atomic E-state index is -0.561. The van der Waals surface area contributed by atoms with Gasteiger partial charge in [0.05, 0.1) is 13.0 Å². The maximum atomic E-state index is 12.4. The van der Waals surface area contributed by atoms with Crippen LogP contribution in [-0.4, -0.2) is 30.8 Å². The topological polar surface area (TPSA) is 89.0 Å². The summed E-state index contributed by atoms with van der Waals surface area (Å²) in [6.45, 7) is 1.99. The van der Waals surface area contributed by atoms with E-state index in [4.69, 9.17) is 9.47 Å². The van der Waals surface area contributed by atoms with Gasteiger partial charge in [-0.25, -0.2) is 10.2 Å². The number of carbonyl (C=O) groups excluding carboxylic acids is 2. The van der Waals surface area contributed by atoms with Crippen molar-refractivity contribution < 1.29 is 19.1 Å². The minimum absolute atomic E-state index is 0.0505. The van der Waals surface area contributed by atoms with Crippen LogP contribution in [-0.2, 0) is 25.5 Å². The van der Waals surface area contributed by atoms with Crippen molar-refractivity contribution in [3.63, 3.8) is 0 Å². The number of hydrazone groups is 1. The summed E-state index contributed by atoms with van der Waals surface area (Å²) < 4.78 is 10.7. The van der Waals surface area contributed by atoms with Gasteiger partial charge in [-0.1, -0.05) is 48.5 Å².